The fourth-order valence-electron chi connectivity index (χ4n) is 1.71. The monoisotopic (exact) mass is 268 g/mol. The van der Waals surface area contributed by atoms with Crippen LogP contribution in [0.15, 0.2) is 47.4 Å². The second-order valence-corrected chi connectivity index (χ2v) is 4.18. The Morgan fingerprint density at radius 1 is 1.35 bits per heavy atom. The summed E-state index contributed by atoms with van der Waals surface area (Å²) in [6.07, 6.45) is 1.38. The second-order valence-electron chi connectivity index (χ2n) is 4.18. The number of pyridine rings is 1. The Morgan fingerprint density at radius 3 is 2.70 bits per heavy atom. The molecule has 2 aromatic rings. The summed E-state index contributed by atoms with van der Waals surface area (Å²) < 4.78 is 6.64. The molecular weight excluding hydrogens is 256 g/mol. The van der Waals surface area contributed by atoms with Gasteiger partial charge < -0.3 is 9.30 Å². The van der Waals surface area contributed by atoms with Crippen molar-refractivity contribution in [3.05, 3.63) is 64.1 Å². The number of esters is 1. The van der Waals surface area contributed by atoms with Gasteiger partial charge in [0, 0.05) is 11.8 Å². The Balaban J connectivity index is 2.30. The number of aromatic nitrogens is 1. The van der Waals surface area contributed by atoms with Crippen LogP contribution in [0.25, 0.3) is 0 Å². The molecule has 5 nitrogen and oxygen atoms in total. The Bertz CT molecular complexity index is 727. The molecule has 20 heavy (non-hydrogen) atoms. The SMILES string of the molecule is Cc1cc(=O)c(OC(=O)c2ccccc2)cn1CC#N. The molecule has 0 saturated heterocycles. The fraction of sp³-hybridized carbons (Fsp3) is 0.133. The standard InChI is InChI=1S/C15H12N2O3/c1-11-9-13(18)14(10-17(11)8-7-16)20-15(19)12-5-3-2-4-6-12/h2-6,9-10H,8H2,1H3. The van der Waals surface area contributed by atoms with Crippen LogP contribution in [0.4, 0.5) is 0 Å². The van der Waals surface area contributed by atoms with E-state index < -0.39 is 5.97 Å². The van der Waals surface area contributed by atoms with Crippen molar-refractivity contribution in [3.8, 4) is 11.8 Å². The normalized spacial score (nSPS) is 9.80. The number of nitriles is 1. The molecule has 0 N–H and O–H groups in total. The number of carbonyl (C=O) groups is 1. The van der Waals surface area contributed by atoms with Crippen LogP contribution in [0.5, 0.6) is 5.75 Å². The molecule has 0 bridgehead atoms. The highest BCUT2D eigenvalue weighted by Gasteiger charge is 2.12. The van der Waals surface area contributed by atoms with Crippen molar-refractivity contribution in [1.82, 2.24) is 4.57 Å². The molecular formula is C15H12N2O3. The minimum absolute atomic E-state index is 0.0836. The molecule has 1 aromatic heterocycles. The highest BCUT2D eigenvalue weighted by Crippen LogP contribution is 2.09. The topological polar surface area (TPSA) is 72.1 Å². The number of aryl methyl sites for hydroxylation is 1. The fourth-order valence-corrected chi connectivity index (χ4v) is 1.71. The minimum Gasteiger partial charge on any atom is -0.417 e. The van der Waals surface area contributed by atoms with Gasteiger partial charge in [-0.15, -0.1) is 0 Å². The van der Waals surface area contributed by atoms with E-state index in [0.717, 1.165) is 0 Å². The zero-order valence-electron chi connectivity index (χ0n) is 10.9. The number of rotatable bonds is 3. The first-order chi connectivity index (χ1) is 9.61. The third kappa shape index (κ3) is 2.93. The van der Waals surface area contributed by atoms with Gasteiger partial charge in [-0.1, -0.05) is 18.2 Å². The molecule has 0 radical (unpaired) electrons. The van der Waals surface area contributed by atoms with Crippen molar-refractivity contribution >= 4 is 5.97 Å². The summed E-state index contributed by atoms with van der Waals surface area (Å²) in [6.45, 7) is 1.80. The smallest absolute Gasteiger partial charge is 0.343 e. The molecule has 0 spiro atoms. The molecule has 100 valence electrons. The molecule has 5 heteroatoms. The van der Waals surface area contributed by atoms with Gasteiger partial charge in [-0.05, 0) is 19.1 Å². The molecule has 0 fully saturated rings. The van der Waals surface area contributed by atoms with E-state index >= 15 is 0 Å². The highest BCUT2D eigenvalue weighted by atomic mass is 16.5. The maximum absolute atomic E-state index is 11.9. The third-order valence-corrected chi connectivity index (χ3v) is 2.76. The van der Waals surface area contributed by atoms with Crippen LogP contribution >= 0.6 is 0 Å². The molecule has 0 aliphatic heterocycles. The van der Waals surface area contributed by atoms with E-state index in [1.807, 2.05) is 6.07 Å². The lowest BCUT2D eigenvalue weighted by Gasteiger charge is -2.09. The molecule has 1 heterocycles. The largest absolute Gasteiger partial charge is 0.417 e. The van der Waals surface area contributed by atoms with Crippen molar-refractivity contribution < 1.29 is 9.53 Å². The number of ether oxygens (including phenoxy) is 1. The molecule has 2 rings (SSSR count). The Morgan fingerprint density at radius 2 is 2.05 bits per heavy atom. The second kappa shape index (κ2) is 5.85. The molecule has 0 saturated carbocycles. The third-order valence-electron chi connectivity index (χ3n) is 2.76. The van der Waals surface area contributed by atoms with Crippen LogP contribution in [0, 0.1) is 18.3 Å². The minimum atomic E-state index is -0.602. The number of carbonyl (C=O) groups excluding carboxylic acids is 1. The first-order valence-electron chi connectivity index (χ1n) is 5.97. The molecule has 0 aliphatic carbocycles. The molecule has 1 aromatic carbocycles. The van der Waals surface area contributed by atoms with Gasteiger partial charge in [0.25, 0.3) is 0 Å². The summed E-state index contributed by atoms with van der Waals surface area (Å²) in [5.74, 6) is -0.685. The van der Waals surface area contributed by atoms with Crippen LogP contribution in [0.3, 0.4) is 0 Å². The van der Waals surface area contributed by atoms with Gasteiger partial charge in [0.15, 0.2) is 5.75 Å². The summed E-state index contributed by atoms with van der Waals surface area (Å²) >= 11 is 0. The number of benzene rings is 1. The van der Waals surface area contributed by atoms with Crippen LogP contribution < -0.4 is 10.2 Å². The van der Waals surface area contributed by atoms with Gasteiger partial charge in [0.1, 0.15) is 6.54 Å². The zero-order valence-corrected chi connectivity index (χ0v) is 10.9. The van der Waals surface area contributed by atoms with Crippen molar-refractivity contribution in [3.63, 3.8) is 0 Å². The summed E-state index contributed by atoms with van der Waals surface area (Å²) in [6, 6.07) is 11.7. The van der Waals surface area contributed by atoms with E-state index in [-0.39, 0.29) is 17.7 Å². The lowest BCUT2D eigenvalue weighted by Crippen LogP contribution is -2.17. The van der Waals surface area contributed by atoms with Gasteiger partial charge in [-0.2, -0.15) is 5.26 Å². The summed E-state index contributed by atoms with van der Waals surface area (Å²) in [4.78, 5) is 23.7. The van der Waals surface area contributed by atoms with E-state index in [4.69, 9.17) is 10.00 Å². The van der Waals surface area contributed by atoms with Crippen molar-refractivity contribution in [2.24, 2.45) is 0 Å². The van der Waals surface area contributed by atoms with E-state index in [0.29, 0.717) is 11.3 Å². The zero-order chi connectivity index (χ0) is 14.5. The quantitative estimate of drug-likeness (QED) is 0.797. The first-order valence-corrected chi connectivity index (χ1v) is 5.97. The van der Waals surface area contributed by atoms with Gasteiger partial charge >= 0.3 is 5.97 Å². The maximum Gasteiger partial charge on any atom is 0.343 e. The van der Waals surface area contributed by atoms with Gasteiger partial charge in [0.2, 0.25) is 5.43 Å². The number of nitrogens with zero attached hydrogens (tertiary/aromatic N) is 2. The van der Waals surface area contributed by atoms with E-state index in [1.54, 1.807) is 41.8 Å². The predicted octanol–water partition coefficient (Wildman–Crippen LogP) is 1.90. The average molecular weight is 268 g/mol. The number of hydrogen-bond donors (Lipinski definition) is 0. The van der Waals surface area contributed by atoms with Crippen molar-refractivity contribution in [2.45, 2.75) is 13.5 Å². The summed E-state index contributed by atoms with van der Waals surface area (Å²) in [5.41, 5.74) is 0.608. The maximum atomic E-state index is 11.9. The Hall–Kier alpha value is -2.87. The average Bonchev–Trinajstić information content (AvgIpc) is 2.45. The molecule has 0 unspecified atom stereocenters. The molecule has 0 amide bonds. The first kappa shape index (κ1) is 13.6. The van der Waals surface area contributed by atoms with Crippen LogP contribution in [-0.2, 0) is 6.54 Å². The van der Waals surface area contributed by atoms with Crippen LogP contribution in [0.2, 0.25) is 0 Å². The predicted molar refractivity (Wildman–Crippen MR) is 72.5 cm³/mol. The van der Waals surface area contributed by atoms with E-state index in [2.05, 4.69) is 0 Å². The Kier molecular flexibility index (Phi) is 3.96. The van der Waals surface area contributed by atoms with Crippen molar-refractivity contribution in [1.29, 1.82) is 5.26 Å². The van der Waals surface area contributed by atoms with Crippen LogP contribution in [0.1, 0.15) is 16.1 Å². The molecule has 0 atom stereocenters. The van der Waals surface area contributed by atoms with Gasteiger partial charge in [0.05, 0.1) is 17.8 Å². The van der Waals surface area contributed by atoms with Gasteiger partial charge in [-0.25, -0.2) is 4.79 Å². The van der Waals surface area contributed by atoms with E-state index in [1.165, 1.54) is 12.3 Å². The van der Waals surface area contributed by atoms with Crippen molar-refractivity contribution in [2.75, 3.05) is 0 Å². The lowest BCUT2D eigenvalue weighted by molar-refractivity contribution is 0.0732. The Labute approximate surface area is 115 Å². The number of hydrogen-bond acceptors (Lipinski definition) is 4. The highest BCUT2D eigenvalue weighted by molar-refractivity contribution is 5.90. The summed E-state index contributed by atoms with van der Waals surface area (Å²) in [5, 5.41) is 8.71. The summed E-state index contributed by atoms with van der Waals surface area (Å²) in [7, 11) is 0. The van der Waals surface area contributed by atoms with E-state index in [9.17, 15) is 9.59 Å². The molecule has 0 aliphatic rings. The van der Waals surface area contributed by atoms with Gasteiger partial charge in [-0.3, -0.25) is 4.79 Å². The lowest BCUT2D eigenvalue weighted by atomic mass is 10.2. The van der Waals surface area contributed by atoms with Crippen LogP contribution in [-0.4, -0.2) is 10.5 Å².